The van der Waals surface area contributed by atoms with Gasteiger partial charge in [-0.2, -0.15) is 4.31 Å². The molecule has 0 aromatic heterocycles. The predicted octanol–water partition coefficient (Wildman–Crippen LogP) is 1.49. The number of nitrogens with zero attached hydrogens (tertiary/aromatic N) is 1. The van der Waals surface area contributed by atoms with E-state index in [1.165, 1.54) is 16.4 Å². The lowest BCUT2D eigenvalue weighted by molar-refractivity contribution is 0.404. The van der Waals surface area contributed by atoms with Crippen molar-refractivity contribution in [3.63, 3.8) is 0 Å². The number of hydrogen-bond donors (Lipinski definition) is 1. The van der Waals surface area contributed by atoms with Crippen LogP contribution >= 0.6 is 0 Å². The lowest BCUT2D eigenvalue weighted by Gasteiger charge is -2.22. The average molecular weight is 286 g/mol. The molecule has 2 rings (SSSR count). The molecule has 4 nitrogen and oxygen atoms in total. The first kappa shape index (κ1) is 14.4. The summed E-state index contributed by atoms with van der Waals surface area (Å²) in [6.07, 6.45) is 0.754. The van der Waals surface area contributed by atoms with Crippen molar-refractivity contribution in [2.45, 2.75) is 31.2 Å². The Hall–Kier alpha value is -0.980. The fourth-order valence-corrected chi connectivity index (χ4v) is 4.55. The van der Waals surface area contributed by atoms with Crippen LogP contribution in [0, 0.1) is 18.7 Å². The Kier molecular flexibility index (Phi) is 3.94. The van der Waals surface area contributed by atoms with E-state index in [1.807, 2.05) is 6.92 Å². The lowest BCUT2D eigenvalue weighted by Crippen LogP contribution is -2.34. The summed E-state index contributed by atoms with van der Waals surface area (Å²) in [7, 11) is -3.65. The minimum atomic E-state index is -3.65. The molecule has 2 N–H and O–H groups in total. The van der Waals surface area contributed by atoms with Crippen LogP contribution in [-0.4, -0.2) is 31.9 Å². The first-order valence-electron chi connectivity index (χ1n) is 6.34. The topological polar surface area (TPSA) is 63.4 Å². The van der Waals surface area contributed by atoms with Crippen LogP contribution in [0.2, 0.25) is 0 Å². The van der Waals surface area contributed by atoms with E-state index >= 15 is 0 Å². The van der Waals surface area contributed by atoms with Crippen molar-refractivity contribution in [1.29, 1.82) is 0 Å². The van der Waals surface area contributed by atoms with E-state index in [0.29, 0.717) is 18.7 Å². The summed E-state index contributed by atoms with van der Waals surface area (Å²) >= 11 is 0. The molecule has 1 aliphatic heterocycles. The Bertz CT molecular complexity index is 574. The van der Waals surface area contributed by atoms with Gasteiger partial charge in [0.25, 0.3) is 0 Å². The maximum Gasteiger partial charge on any atom is 0.243 e. The molecule has 1 fully saturated rings. The minimum Gasteiger partial charge on any atom is -0.330 e. The smallest absolute Gasteiger partial charge is 0.243 e. The molecular weight excluding hydrogens is 267 g/mol. The molecule has 1 heterocycles. The molecule has 1 aromatic rings. The van der Waals surface area contributed by atoms with Crippen molar-refractivity contribution in [1.82, 2.24) is 4.31 Å². The van der Waals surface area contributed by atoms with Gasteiger partial charge in [-0.3, -0.25) is 0 Å². The van der Waals surface area contributed by atoms with Crippen LogP contribution in [0.4, 0.5) is 4.39 Å². The normalized spacial score (nSPS) is 24.8. The second-order valence-corrected chi connectivity index (χ2v) is 7.03. The molecule has 2 atom stereocenters. The summed E-state index contributed by atoms with van der Waals surface area (Å²) in [5.74, 6) is -0.356. The first-order valence-corrected chi connectivity index (χ1v) is 7.78. The highest BCUT2D eigenvalue weighted by Crippen LogP contribution is 2.30. The van der Waals surface area contributed by atoms with Gasteiger partial charge >= 0.3 is 0 Å². The SMILES string of the molecule is Cc1ccc(F)cc1S(=O)(=O)N1CC(CN)CC1C. The Morgan fingerprint density at radius 1 is 1.47 bits per heavy atom. The standard InChI is InChI=1S/C13H19FN2O2S/c1-9-3-4-12(14)6-13(9)19(17,18)16-8-11(7-15)5-10(16)2/h3-4,6,10-11H,5,7-8,15H2,1-2H3. The van der Waals surface area contributed by atoms with Gasteiger partial charge in [-0.15, -0.1) is 0 Å². The van der Waals surface area contributed by atoms with E-state index in [-0.39, 0.29) is 16.9 Å². The second kappa shape index (κ2) is 5.19. The highest BCUT2D eigenvalue weighted by molar-refractivity contribution is 7.89. The Balaban J connectivity index is 2.40. The van der Waals surface area contributed by atoms with E-state index in [4.69, 9.17) is 5.73 Å². The van der Waals surface area contributed by atoms with Gasteiger partial charge in [0.15, 0.2) is 0 Å². The van der Waals surface area contributed by atoms with E-state index in [9.17, 15) is 12.8 Å². The van der Waals surface area contributed by atoms with Gasteiger partial charge in [-0.05, 0) is 50.4 Å². The highest BCUT2D eigenvalue weighted by atomic mass is 32.2. The third kappa shape index (κ3) is 2.66. The van der Waals surface area contributed by atoms with Gasteiger partial charge in [0.2, 0.25) is 10.0 Å². The predicted molar refractivity (Wildman–Crippen MR) is 71.7 cm³/mol. The number of halogens is 1. The van der Waals surface area contributed by atoms with E-state index in [1.54, 1.807) is 6.92 Å². The van der Waals surface area contributed by atoms with Crippen molar-refractivity contribution < 1.29 is 12.8 Å². The Morgan fingerprint density at radius 3 is 2.74 bits per heavy atom. The molecule has 0 saturated carbocycles. The van der Waals surface area contributed by atoms with Gasteiger partial charge in [0.05, 0.1) is 4.90 Å². The first-order chi connectivity index (χ1) is 8.86. The third-order valence-electron chi connectivity index (χ3n) is 3.67. The zero-order valence-corrected chi connectivity index (χ0v) is 12.0. The van der Waals surface area contributed by atoms with Gasteiger partial charge in [-0.1, -0.05) is 6.07 Å². The molecule has 0 bridgehead atoms. The lowest BCUT2D eigenvalue weighted by atomic mass is 10.1. The maximum absolute atomic E-state index is 13.3. The summed E-state index contributed by atoms with van der Waals surface area (Å²) in [5.41, 5.74) is 6.17. The second-order valence-electron chi connectivity index (χ2n) is 5.17. The molecule has 0 spiro atoms. The van der Waals surface area contributed by atoms with Gasteiger partial charge < -0.3 is 5.73 Å². The average Bonchev–Trinajstić information content (AvgIpc) is 2.74. The largest absolute Gasteiger partial charge is 0.330 e. The van der Waals surface area contributed by atoms with Crippen molar-refractivity contribution >= 4 is 10.0 Å². The molecule has 0 radical (unpaired) electrons. The molecule has 1 aliphatic rings. The number of nitrogens with two attached hydrogens (primary N) is 1. The minimum absolute atomic E-state index is 0.0528. The molecular formula is C13H19FN2O2S. The van der Waals surface area contributed by atoms with Crippen LogP contribution in [0.5, 0.6) is 0 Å². The van der Waals surface area contributed by atoms with Crippen LogP contribution in [0.1, 0.15) is 18.9 Å². The Morgan fingerprint density at radius 2 is 2.16 bits per heavy atom. The fourth-order valence-electron chi connectivity index (χ4n) is 2.59. The van der Waals surface area contributed by atoms with Crippen molar-refractivity contribution in [2.24, 2.45) is 11.7 Å². The zero-order valence-electron chi connectivity index (χ0n) is 11.1. The van der Waals surface area contributed by atoms with Crippen LogP contribution in [-0.2, 0) is 10.0 Å². The zero-order chi connectivity index (χ0) is 14.2. The summed E-state index contributed by atoms with van der Waals surface area (Å²) in [6, 6.07) is 3.75. The summed E-state index contributed by atoms with van der Waals surface area (Å²) in [6.45, 7) is 4.42. The number of sulfonamides is 1. The van der Waals surface area contributed by atoms with Gasteiger partial charge in [-0.25, -0.2) is 12.8 Å². The summed E-state index contributed by atoms with van der Waals surface area (Å²) in [4.78, 5) is 0.0528. The molecule has 2 unspecified atom stereocenters. The maximum atomic E-state index is 13.3. The molecule has 106 valence electrons. The van der Waals surface area contributed by atoms with Crippen LogP contribution in [0.3, 0.4) is 0 Å². The van der Waals surface area contributed by atoms with Crippen molar-refractivity contribution in [2.75, 3.05) is 13.1 Å². The molecule has 0 aliphatic carbocycles. The number of hydrogen-bond acceptors (Lipinski definition) is 3. The molecule has 0 amide bonds. The quantitative estimate of drug-likeness (QED) is 0.915. The van der Waals surface area contributed by atoms with Crippen molar-refractivity contribution in [3.05, 3.63) is 29.6 Å². The summed E-state index contributed by atoms with van der Waals surface area (Å²) in [5, 5.41) is 0. The van der Waals surface area contributed by atoms with E-state index in [2.05, 4.69) is 0 Å². The number of aryl methyl sites for hydroxylation is 1. The third-order valence-corrected chi connectivity index (χ3v) is 5.80. The van der Waals surface area contributed by atoms with Crippen molar-refractivity contribution in [3.8, 4) is 0 Å². The molecule has 1 saturated heterocycles. The van der Waals surface area contributed by atoms with E-state index < -0.39 is 15.8 Å². The highest BCUT2D eigenvalue weighted by Gasteiger charge is 2.37. The van der Waals surface area contributed by atoms with Crippen LogP contribution in [0.25, 0.3) is 0 Å². The number of rotatable bonds is 3. The monoisotopic (exact) mass is 286 g/mol. The van der Waals surface area contributed by atoms with Gasteiger partial charge in [0.1, 0.15) is 5.82 Å². The molecule has 19 heavy (non-hydrogen) atoms. The molecule has 6 heteroatoms. The van der Waals surface area contributed by atoms with Crippen LogP contribution in [0.15, 0.2) is 23.1 Å². The van der Waals surface area contributed by atoms with E-state index in [0.717, 1.165) is 12.5 Å². The molecule has 1 aromatic carbocycles. The Labute approximate surface area is 113 Å². The fraction of sp³-hybridized carbons (Fsp3) is 0.538. The van der Waals surface area contributed by atoms with Gasteiger partial charge in [0, 0.05) is 12.6 Å². The number of benzene rings is 1. The van der Waals surface area contributed by atoms with Crippen LogP contribution < -0.4 is 5.73 Å². The summed E-state index contributed by atoms with van der Waals surface area (Å²) < 4.78 is 39.9.